The van der Waals surface area contributed by atoms with Crippen molar-refractivity contribution in [3.63, 3.8) is 0 Å². The normalized spacial score (nSPS) is 13.1. The van der Waals surface area contributed by atoms with Gasteiger partial charge in [0.1, 0.15) is 0 Å². The Morgan fingerprint density at radius 2 is 1.49 bits per heavy atom. The fourth-order valence-corrected chi connectivity index (χ4v) is 4.02. The summed E-state index contributed by atoms with van der Waals surface area (Å²) in [6.45, 7) is 2.09. The molecule has 0 atom stereocenters. The van der Waals surface area contributed by atoms with Gasteiger partial charge in [-0.05, 0) is 67.3 Å². The number of piperidine rings is 1. The molecule has 3 aromatic carbocycles. The van der Waals surface area contributed by atoms with Crippen molar-refractivity contribution in [1.82, 2.24) is 10.2 Å². The Morgan fingerprint density at radius 3 is 2.23 bits per heavy atom. The summed E-state index contributed by atoms with van der Waals surface area (Å²) in [5.74, 6) is -0.374. The highest BCUT2D eigenvalue weighted by atomic mass is 16.2. The lowest BCUT2D eigenvalue weighted by Gasteiger charge is -2.26. The molecule has 1 fully saturated rings. The van der Waals surface area contributed by atoms with E-state index < -0.39 is 0 Å². The van der Waals surface area contributed by atoms with Gasteiger partial charge in [-0.1, -0.05) is 36.4 Å². The molecule has 0 spiro atoms. The van der Waals surface area contributed by atoms with Crippen LogP contribution in [0.5, 0.6) is 0 Å². The van der Waals surface area contributed by atoms with E-state index in [4.69, 9.17) is 0 Å². The maximum atomic E-state index is 12.7. The van der Waals surface area contributed by atoms with Crippen LogP contribution >= 0.6 is 0 Å². The SMILES string of the molecule is O=C(CNc1ccc(C(=O)NCc2ccccc2)cc1)Nc1cccc(C(=O)N2CCCCC2)c1. The fourth-order valence-electron chi connectivity index (χ4n) is 4.02. The Labute approximate surface area is 205 Å². The third kappa shape index (κ3) is 6.93. The van der Waals surface area contributed by atoms with E-state index in [9.17, 15) is 14.4 Å². The number of likely N-dealkylation sites (tertiary alicyclic amines) is 1. The lowest BCUT2D eigenvalue weighted by molar-refractivity contribution is -0.114. The van der Waals surface area contributed by atoms with Crippen molar-refractivity contribution in [2.45, 2.75) is 25.8 Å². The van der Waals surface area contributed by atoms with E-state index in [1.807, 2.05) is 35.2 Å². The summed E-state index contributed by atoms with van der Waals surface area (Å²) in [7, 11) is 0. The average Bonchev–Trinajstić information content (AvgIpc) is 2.91. The second-order valence-electron chi connectivity index (χ2n) is 8.58. The van der Waals surface area contributed by atoms with Gasteiger partial charge in [0.15, 0.2) is 0 Å². The third-order valence-electron chi connectivity index (χ3n) is 5.93. The first-order valence-electron chi connectivity index (χ1n) is 11.9. The van der Waals surface area contributed by atoms with E-state index >= 15 is 0 Å². The largest absolute Gasteiger partial charge is 0.376 e. The molecule has 1 aliphatic rings. The predicted octanol–water partition coefficient (Wildman–Crippen LogP) is 4.29. The second kappa shape index (κ2) is 11.8. The molecule has 1 aliphatic heterocycles. The molecule has 0 saturated carbocycles. The smallest absolute Gasteiger partial charge is 0.253 e. The molecular formula is C28H30N4O3. The van der Waals surface area contributed by atoms with Gasteiger partial charge in [-0.15, -0.1) is 0 Å². The number of hydrogen-bond donors (Lipinski definition) is 3. The van der Waals surface area contributed by atoms with Crippen LogP contribution < -0.4 is 16.0 Å². The molecule has 3 aromatic rings. The maximum absolute atomic E-state index is 12.7. The van der Waals surface area contributed by atoms with Crippen LogP contribution in [0.4, 0.5) is 11.4 Å². The number of benzene rings is 3. The number of anilines is 2. The molecule has 1 heterocycles. The number of carbonyl (C=O) groups is 3. The third-order valence-corrected chi connectivity index (χ3v) is 5.93. The van der Waals surface area contributed by atoms with Gasteiger partial charge < -0.3 is 20.9 Å². The highest BCUT2D eigenvalue weighted by Gasteiger charge is 2.18. The quantitative estimate of drug-likeness (QED) is 0.458. The van der Waals surface area contributed by atoms with Crippen LogP contribution in [-0.2, 0) is 11.3 Å². The molecule has 3 N–H and O–H groups in total. The Balaban J connectivity index is 1.25. The van der Waals surface area contributed by atoms with Crippen molar-refractivity contribution >= 4 is 29.1 Å². The number of amides is 3. The molecule has 1 saturated heterocycles. The van der Waals surface area contributed by atoms with Crippen molar-refractivity contribution in [1.29, 1.82) is 0 Å². The van der Waals surface area contributed by atoms with Crippen LogP contribution in [0, 0.1) is 0 Å². The maximum Gasteiger partial charge on any atom is 0.253 e. The number of rotatable bonds is 8. The van der Waals surface area contributed by atoms with E-state index in [0.717, 1.165) is 43.6 Å². The topological polar surface area (TPSA) is 90.5 Å². The van der Waals surface area contributed by atoms with Crippen molar-refractivity contribution in [2.24, 2.45) is 0 Å². The first-order chi connectivity index (χ1) is 17.1. The van der Waals surface area contributed by atoms with Crippen LogP contribution in [0.2, 0.25) is 0 Å². The average molecular weight is 471 g/mol. The Bertz CT molecular complexity index is 1160. The van der Waals surface area contributed by atoms with Crippen LogP contribution in [-0.4, -0.2) is 42.3 Å². The molecule has 0 aliphatic carbocycles. The predicted molar refractivity (Wildman–Crippen MR) is 137 cm³/mol. The van der Waals surface area contributed by atoms with Crippen molar-refractivity contribution < 1.29 is 14.4 Å². The first-order valence-corrected chi connectivity index (χ1v) is 11.9. The zero-order chi connectivity index (χ0) is 24.5. The molecule has 7 heteroatoms. The Hall–Kier alpha value is -4.13. The summed E-state index contributed by atoms with van der Waals surface area (Å²) < 4.78 is 0. The zero-order valence-electron chi connectivity index (χ0n) is 19.6. The minimum absolute atomic E-state index is 0.00631. The summed E-state index contributed by atoms with van der Waals surface area (Å²) >= 11 is 0. The van der Waals surface area contributed by atoms with E-state index in [2.05, 4.69) is 16.0 Å². The van der Waals surface area contributed by atoms with Crippen molar-refractivity contribution in [3.8, 4) is 0 Å². The van der Waals surface area contributed by atoms with Gasteiger partial charge in [-0.2, -0.15) is 0 Å². The van der Waals surface area contributed by atoms with Gasteiger partial charge in [-0.3, -0.25) is 14.4 Å². The van der Waals surface area contributed by atoms with Gasteiger partial charge in [0.2, 0.25) is 5.91 Å². The fraction of sp³-hybridized carbons (Fsp3) is 0.250. The van der Waals surface area contributed by atoms with E-state index in [0.29, 0.717) is 23.4 Å². The number of hydrogen-bond acceptors (Lipinski definition) is 4. The van der Waals surface area contributed by atoms with Gasteiger partial charge in [-0.25, -0.2) is 0 Å². The minimum atomic E-state index is -0.225. The van der Waals surface area contributed by atoms with Gasteiger partial charge in [0.25, 0.3) is 11.8 Å². The molecule has 180 valence electrons. The van der Waals surface area contributed by atoms with E-state index in [1.54, 1.807) is 48.5 Å². The molecular weight excluding hydrogens is 440 g/mol. The molecule has 4 rings (SSSR count). The van der Waals surface area contributed by atoms with Crippen LogP contribution in [0.1, 0.15) is 45.5 Å². The minimum Gasteiger partial charge on any atom is -0.376 e. The summed E-state index contributed by atoms with van der Waals surface area (Å²) in [5.41, 5.74) is 3.48. The monoisotopic (exact) mass is 470 g/mol. The molecule has 0 radical (unpaired) electrons. The number of nitrogens with zero attached hydrogens (tertiary/aromatic N) is 1. The lowest BCUT2D eigenvalue weighted by atomic mass is 10.1. The summed E-state index contributed by atoms with van der Waals surface area (Å²) in [4.78, 5) is 39.4. The molecule has 0 unspecified atom stereocenters. The van der Waals surface area contributed by atoms with Gasteiger partial charge in [0.05, 0.1) is 6.54 Å². The standard InChI is InChI=1S/C28H30N4O3/c33-26(31-25-11-7-10-23(18-25)28(35)32-16-5-2-6-17-32)20-29-24-14-12-22(13-15-24)27(34)30-19-21-8-3-1-4-9-21/h1,3-4,7-15,18,29H,2,5-6,16-17,19-20H2,(H,30,34)(H,31,33). The summed E-state index contributed by atoms with van der Waals surface area (Å²) in [6.07, 6.45) is 3.23. The summed E-state index contributed by atoms with van der Waals surface area (Å²) in [6, 6.07) is 23.7. The van der Waals surface area contributed by atoms with Crippen LogP contribution in [0.3, 0.4) is 0 Å². The first kappa shape index (κ1) is 24.0. The van der Waals surface area contributed by atoms with Crippen molar-refractivity contribution in [3.05, 3.63) is 95.6 Å². The molecule has 35 heavy (non-hydrogen) atoms. The Kier molecular flexibility index (Phi) is 8.12. The molecule has 7 nitrogen and oxygen atoms in total. The van der Waals surface area contributed by atoms with E-state index in [1.165, 1.54) is 0 Å². The molecule has 0 aromatic heterocycles. The second-order valence-corrected chi connectivity index (χ2v) is 8.58. The number of carbonyl (C=O) groups excluding carboxylic acids is 3. The zero-order valence-corrected chi connectivity index (χ0v) is 19.6. The van der Waals surface area contributed by atoms with Crippen LogP contribution in [0.25, 0.3) is 0 Å². The molecule has 0 bridgehead atoms. The van der Waals surface area contributed by atoms with E-state index in [-0.39, 0.29) is 24.3 Å². The van der Waals surface area contributed by atoms with Gasteiger partial charge >= 0.3 is 0 Å². The Morgan fingerprint density at radius 1 is 0.743 bits per heavy atom. The van der Waals surface area contributed by atoms with Crippen molar-refractivity contribution in [2.75, 3.05) is 30.3 Å². The summed E-state index contributed by atoms with van der Waals surface area (Å²) in [5, 5.41) is 8.79. The highest BCUT2D eigenvalue weighted by Crippen LogP contribution is 2.17. The highest BCUT2D eigenvalue weighted by molar-refractivity contribution is 5.98. The number of nitrogens with one attached hydrogen (secondary N) is 3. The molecule has 3 amide bonds. The lowest BCUT2D eigenvalue weighted by Crippen LogP contribution is -2.35. The van der Waals surface area contributed by atoms with Crippen LogP contribution in [0.15, 0.2) is 78.9 Å². The van der Waals surface area contributed by atoms with Gasteiger partial charge in [0, 0.05) is 42.1 Å².